The SMILES string of the molecule is O=C(COc1ccc(Cl)cc1[C@@H]1c2sc(=O)[nH]c2S[C@@H]2[C@@H]3C[C@@H]([C@@H]4C(=O)N(c5ccc([N+](=O)[O-])cc5)C(=O)[C@@H]34)[C@H]12)Nc1ccc(F)cc1. The number of nitrogens with one attached hydrogen (secondary N) is 2. The second-order valence-corrected chi connectivity index (χ2v) is 14.9. The smallest absolute Gasteiger partial charge is 0.305 e. The maximum atomic E-state index is 14.0. The largest absolute Gasteiger partial charge is 0.483 e. The molecule has 3 aromatic carbocycles. The molecule has 2 aliphatic carbocycles. The van der Waals surface area contributed by atoms with Crippen molar-refractivity contribution in [3.05, 3.63) is 108 Å². The molecule has 2 N–H and O–H groups in total. The number of nitro benzene ring substituents is 1. The number of hydrogen-bond donors (Lipinski definition) is 2. The Labute approximate surface area is 284 Å². The number of nitrogens with zero attached hydrogens (tertiary/aromatic N) is 2. The van der Waals surface area contributed by atoms with Crippen molar-refractivity contribution in [2.75, 3.05) is 16.8 Å². The number of hydrogen-bond acceptors (Lipinski definition) is 9. The quantitative estimate of drug-likeness (QED) is 0.138. The maximum absolute atomic E-state index is 14.0. The molecule has 244 valence electrons. The lowest BCUT2D eigenvalue weighted by Gasteiger charge is -2.43. The number of halogens is 2. The molecule has 7 atom stereocenters. The number of carbonyl (C=O) groups excluding carboxylic acids is 3. The van der Waals surface area contributed by atoms with Gasteiger partial charge >= 0.3 is 4.87 Å². The van der Waals surface area contributed by atoms with E-state index < -0.39 is 34.4 Å². The molecular weight excluding hydrogens is 683 g/mol. The summed E-state index contributed by atoms with van der Waals surface area (Å²) in [7, 11) is 0. The highest BCUT2D eigenvalue weighted by Gasteiger charge is 2.70. The number of non-ortho nitro benzene ring substituents is 1. The Kier molecular flexibility index (Phi) is 7.42. The topological polar surface area (TPSA) is 152 Å². The fourth-order valence-corrected chi connectivity index (χ4v) is 11.2. The lowest BCUT2D eigenvalue weighted by atomic mass is 9.68. The normalized spacial score (nSPS) is 26.6. The Balaban J connectivity index is 1.13. The molecule has 4 aromatic rings. The number of carbonyl (C=O) groups is 3. The van der Waals surface area contributed by atoms with Crippen LogP contribution in [0.1, 0.15) is 22.8 Å². The van der Waals surface area contributed by atoms with Gasteiger partial charge in [-0.15, -0.1) is 11.8 Å². The number of ether oxygens (including phenoxy) is 1. The van der Waals surface area contributed by atoms with E-state index in [9.17, 15) is 33.7 Å². The van der Waals surface area contributed by atoms with Crippen LogP contribution in [-0.4, -0.2) is 39.5 Å². The van der Waals surface area contributed by atoms with Crippen LogP contribution in [0, 0.1) is 45.5 Å². The Morgan fingerprint density at radius 2 is 1.75 bits per heavy atom. The summed E-state index contributed by atoms with van der Waals surface area (Å²) < 4.78 is 19.4. The zero-order valence-corrected chi connectivity index (χ0v) is 27.0. The summed E-state index contributed by atoms with van der Waals surface area (Å²) in [6, 6.07) is 15.8. The number of H-pyrrole nitrogens is 1. The van der Waals surface area contributed by atoms with Crippen molar-refractivity contribution >= 4 is 69.5 Å². The Hall–Kier alpha value is -4.53. The molecule has 1 saturated heterocycles. The molecule has 48 heavy (non-hydrogen) atoms. The van der Waals surface area contributed by atoms with Crippen molar-refractivity contribution in [2.45, 2.75) is 22.6 Å². The molecule has 3 fully saturated rings. The highest BCUT2D eigenvalue weighted by molar-refractivity contribution is 8.00. The van der Waals surface area contributed by atoms with Gasteiger partial charge in [-0.3, -0.25) is 34.2 Å². The van der Waals surface area contributed by atoms with E-state index in [1.807, 2.05) is 0 Å². The lowest BCUT2D eigenvalue weighted by Crippen LogP contribution is -2.42. The van der Waals surface area contributed by atoms with E-state index in [0.29, 0.717) is 39.2 Å². The fourth-order valence-electron chi connectivity index (χ4n) is 8.11. The van der Waals surface area contributed by atoms with Gasteiger partial charge in [0.2, 0.25) is 11.8 Å². The summed E-state index contributed by atoms with van der Waals surface area (Å²) in [5.41, 5.74) is 1.22. The van der Waals surface area contributed by atoms with E-state index in [-0.39, 0.29) is 52.0 Å². The number of nitro groups is 1. The lowest BCUT2D eigenvalue weighted by molar-refractivity contribution is -0.384. The number of anilines is 2. The number of aromatic amines is 1. The van der Waals surface area contributed by atoms with Crippen LogP contribution in [0.15, 0.2) is 76.6 Å². The maximum Gasteiger partial charge on any atom is 0.305 e. The molecule has 0 spiro atoms. The van der Waals surface area contributed by atoms with Crippen molar-refractivity contribution in [1.82, 2.24) is 4.98 Å². The first-order valence-corrected chi connectivity index (χ1v) is 17.2. The number of thioether (sulfide) groups is 1. The van der Waals surface area contributed by atoms with Crippen LogP contribution in [0.2, 0.25) is 5.02 Å². The van der Waals surface area contributed by atoms with Gasteiger partial charge in [-0.25, -0.2) is 4.39 Å². The summed E-state index contributed by atoms with van der Waals surface area (Å²) in [5, 5.41) is 14.9. The number of rotatable bonds is 7. The predicted molar refractivity (Wildman–Crippen MR) is 176 cm³/mol. The number of benzene rings is 3. The van der Waals surface area contributed by atoms with Gasteiger partial charge in [0.1, 0.15) is 11.6 Å². The second kappa shape index (κ2) is 11.6. The van der Waals surface area contributed by atoms with Crippen LogP contribution in [0.3, 0.4) is 0 Å². The van der Waals surface area contributed by atoms with Crippen molar-refractivity contribution in [3.8, 4) is 5.75 Å². The molecule has 3 heterocycles. The number of amides is 3. The Morgan fingerprint density at radius 1 is 1.04 bits per heavy atom. The van der Waals surface area contributed by atoms with E-state index in [0.717, 1.165) is 16.2 Å². The number of imide groups is 1. The first-order chi connectivity index (χ1) is 23.1. The minimum absolute atomic E-state index is 0.110. The van der Waals surface area contributed by atoms with Gasteiger partial charge in [-0.05, 0) is 78.8 Å². The van der Waals surface area contributed by atoms with Crippen molar-refractivity contribution < 1.29 is 28.4 Å². The first kappa shape index (κ1) is 30.8. The summed E-state index contributed by atoms with van der Waals surface area (Å²) in [4.78, 5) is 68.8. The molecule has 2 bridgehead atoms. The van der Waals surface area contributed by atoms with E-state index in [2.05, 4.69) is 10.3 Å². The van der Waals surface area contributed by atoms with E-state index in [1.54, 1.807) is 18.2 Å². The minimum Gasteiger partial charge on any atom is -0.483 e. The number of aromatic nitrogens is 1. The minimum atomic E-state index is -0.593. The average molecular weight is 707 g/mol. The Bertz CT molecular complexity index is 2070. The number of fused-ring (bicyclic) bond motifs is 9. The van der Waals surface area contributed by atoms with Crippen LogP contribution in [0.4, 0.5) is 21.5 Å². The summed E-state index contributed by atoms with van der Waals surface area (Å²) in [6.45, 7) is -0.355. The van der Waals surface area contributed by atoms with Gasteiger partial charge < -0.3 is 15.0 Å². The zero-order valence-electron chi connectivity index (χ0n) is 24.6. The van der Waals surface area contributed by atoms with Gasteiger partial charge in [0.05, 0.1) is 27.5 Å². The molecule has 11 nitrogen and oxygen atoms in total. The third-order valence-electron chi connectivity index (χ3n) is 9.84. The molecule has 15 heteroatoms. The van der Waals surface area contributed by atoms with Gasteiger partial charge in [0, 0.05) is 44.5 Å². The molecule has 2 aliphatic heterocycles. The van der Waals surface area contributed by atoms with Crippen molar-refractivity contribution in [3.63, 3.8) is 0 Å². The van der Waals surface area contributed by atoms with Gasteiger partial charge in [0.25, 0.3) is 11.6 Å². The predicted octanol–water partition coefficient (Wildman–Crippen LogP) is 5.83. The fraction of sp³-hybridized carbons (Fsp3) is 0.273. The highest BCUT2D eigenvalue weighted by atomic mass is 35.5. The number of thiazole rings is 1. The van der Waals surface area contributed by atoms with Crippen LogP contribution in [0.25, 0.3) is 0 Å². The molecule has 1 aromatic heterocycles. The highest BCUT2D eigenvalue weighted by Crippen LogP contribution is 2.69. The van der Waals surface area contributed by atoms with Gasteiger partial charge in [0.15, 0.2) is 6.61 Å². The van der Waals surface area contributed by atoms with Crippen LogP contribution in [-0.2, 0) is 14.4 Å². The first-order valence-electron chi connectivity index (χ1n) is 15.1. The van der Waals surface area contributed by atoms with E-state index >= 15 is 0 Å². The van der Waals surface area contributed by atoms with Crippen LogP contribution >= 0.6 is 34.7 Å². The van der Waals surface area contributed by atoms with Crippen LogP contribution in [0.5, 0.6) is 5.75 Å². The van der Waals surface area contributed by atoms with Crippen LogP contribution < -0.4 is 19.8 Å². The molecule has 8 rings (SSSR count). The molecule has 0 unspecified atom stereocenters. The van der Waals surface area contributed by atoms with Gasteiger partial charge in [-0.2, -0.15) is 0 Å². The average Bonchev–Trinajstić information content (AvgIpc) is 3.80. The summed E-state index contributed by atoms with van der Waals surface area (Å²) in [6.07, 6.45) is 0.649. The monoisotopic (exact) mass is 706 g/mol. The van der Waals surface area contributed by atoms with Crippen molar-refractivity contribution in [2.24, 2.45) is 29.6 Å². The van der Waals surface area contributed by atoms with Crippen molar-refractivity contribution in [1.29, 1.82) is 0 Å². The second-order valence-electron chi connectivity index (χ2n) is 12.3. The molecule has 3 amide bonds. The molecule has 2 saturated carbocycles. The molecule has 4 aliphatic rings. The standard InChI is InChI=1S/C33H24ClFN4O7S2/c34-14-1-10-22(46-13-23(40)36-16-4-2-15(35)3-5-16)19(11-14)24-25-20-12-21(28(25)47-30-29(24)48-33(43)37-30)27-26(20)31(41)38(32(27)42)17-6-8-18(9-7-17)39(44)45/h1-11,20-21,24-28H,12-13H2,(H,36,40)(H,37,43)/t20-,21-,24+,25-,26+,27+,28-/m1/s1. The zero-order chi connectivity index (χ0) is 33.4. The van der Waals surface area contributed by atoms with E-state index in [1.165, 1.54) is 65.2 Å². The third kappa shape index (κ3) is 4.92. The Morgan fingerprint density at radius 3 is 2.46 bits per heavy atom. The summed E-state index contributed by atoms with van der Waals surface area (Å²) in [5.74, 6) is -3.24. The summed E-state index contributed by atoms with van der Waals surface area (Å²) >= 11 is 9.15. The van der Waals surface area contributed by atoms with E-state index in [4.69, 9.17) is 16.3 Å². The molecular formula is C33H24ClFN4O7S2. The van der Waals surface area contributed by atoms with Gasteiger partial charge in [-0.1, -0.05) is 22.9 Å². The molecule has 0 radical (unpaired) electrons. The third-order valence-corrected chi connectivity index (χ3v) is 12.7.